The number of aromatic amines is 1. The van der Waals surface area contributed by atoms with E-state index in [0.717, 1.165) is 52.9 Å². The zero-order valence-electron chi connectivity index (χ0n) is 67.5. The van der Waals surface area contributed by atoms with Gasteiger partial charge in [-0.2, -0.15) is 0 Å². The highest BCUT2D eigenvalue weighted by Gasteiger charge is 2.41. The molecule has 1 fully saturated rings. The highest BCUT2D eigenvalue weighted by atomic mass is 32.2. The van der Waals surface area contributed by atoms with Crippen molar-refractivity contribution < 1.29 is 130 Å². The summed E-state index contributed by atoms with van der Waals surface area (Å²) < 4.78 is 17.7. The number of ketones is 1. The Morgan fingerprint density at radius 3 is 1.74 bits per heavy atom. The van der Waals surface area contributed by atoms with Crippen molar-refractivity contribution in [1.82, 2.24) is 74.1 Å². The van der Waals surface area contributed by atoms with Crippen LogP contribution in [0.15, 0.2) is 54.7 Å². The maximum atomic E-state index is 15.1. The summed E-state index contributed by atoms with van der Waals surface area (Å²) in [5, 5.41) is 82.2. The highest BCUT2D eigenvalue weighted by Crippen LogP contribution is 2.23. The molecule has 0 saturated carbocycles. The Hall–Kier alpha value is -12.6. The fraction of sp³-hybridized carbons (Fsp3) is 0.553. The van der Waals surface area contributed by atoms with Crippen molar-refractivity contribution in [3.05, 3.63) is 65.9 Å². The third kappa shape index (κ3) is 35.9. The number of carbonyl (C=O) groups excluding carboxylic acids is 16. The van der Waals surface area contributed by atoms with E-state index >= 15 is 4.79 Å². The number of para-hydroxylation sites is 2. The van der Waals surface area contributed by atoms with Gasteiger partial charge in [0.1, 0.15) is 72.6 Å². The van der Waals surface area contributed by atoms with E-state index in [9.17, 15) is 121 Å². The highest BCUT2D eigenvalue weighted by molar-refractivity contribution is 7.84. The van der Waals surface area contributed by atoms with Gasteiger partial charge >= 0.3 is 29.8 Å². The second-order valence-corrected chi connectivity index (χ2v) is 30.3. The number of primary amides is 1. The molecule has 0 aliphatic carbocycles. The quantitative estimate of drug-likeness (QED) is 0.0144. The molecule has 0 radical (unpaired) electrons. The van der Waals surface area contributed by atoms with Crippen molar-refractivity contribution in [3.63, 3.8) is 0 Å². The third-order valence-corrected chi connectivity index (χ3v) is 19.6. The minimum Gasteiger partial charge on any atom is -0.481 e. The van der Waals surface area contributed by atoms with E-state index in [-0.39, 0.29) is 49.4 Å². The van der Waals surface area contributed by atoms with E-state index in [4.69, 9.17) is 16.2 Å². The number of amides is 14. The van der Waals surface area contributed by atoms with Crippen molar-refractivity contribution in [1.29, 1.82) is 0 Å². The number of esters is 1. The summed E-state index contributed by atoms with van der Waals surface area (Å²) in [4.78, 5) is 278. The maximum absolute atomic E-state index is 15.1. The molecule has 2 aromatic carbocycles. The van der Waals surface area contributed by atoms with Crippen LogP contribution in [0.5, 0.6) is 0 Å². The second-order valence-electron chi connectivity index (χ2n) is 28.8. The van der Waals surface area contributed by atoms with Crippen LogP contribution in [0.3, 0.4) is 0 Å². The van der Waals surface area contributed by atoms with Crippen LogP contribution in [0.4, 0.5) is 5.69 Å². The zero-order chi connectivity index (χ0) is 90.2. The molecule has 1 saturated heterocycles. The number of hydrogen-bond acceptors (Lipinski definition) is 25. The molecule has 666 valence electrons. The Balaban J connectivity index is 1.92. The molecule has 1 aliphatic rings. The molecular weight excluding hydrogens is 1610 g/mol. The van der Waals surface area contributed by atoms with Crippen LogP contribution in [-0.4, -0.2) is 270 Å². The molecule has 14 amide bonds. The minimum absolute atomic E-state index is 0.0233. The van der Waals surface area contributed by atoms with E-state index in [1.54, 1.807) is 30.5 Å². The number of nitrogens with two attached hydrogens (primary N) is 2. The van der Waals surface area contributed by atoms with Crippen molar-refractivity contribution >= 4 is 146 Å². The monoisotopic (exact) mass is 1720 g/mol. The maximum Gasteiger partial charge on any atom is 0.329 e. The van der Waals surface area contributed by atoms with Crippen molar-refractivity contribution in [2.45, 2.75) is 216 Å². The Morgan fingerprint density at radius 2 is 1.12 bits per heavy atom. The normalized spacial score (nSPS) is 21.0. The van der Waals surface area contributed by atoms with Crippen LogP contribution in [-0.2, 0) is 113 Å². The number of hydrogen-bond donors (Lipinski definition) is 22. The zero-order valence-corrected chi connectivity index (χ0v) is 68.3. The standard InChI is InChI=1S/C76H109N17O27S/c1-6-7-8-9-10-11-12-24-57(97)85-48(29-42-35-80-45-21-15-13-19-43(42)45)70(112)88-49(31-56(78)96)71(113)90-52(34-63(106)107)72(114)93-65-41(4)120-76(118)53(30-55(95)44-20-14-16-22-46(44)79-26-18-27-121(5)119)91-75(117)64(39(2)28-60(100)101)92-73(115)54(38-94)86-59(99)36-81-67(109)50(32-61(102)103)87-66(108)40(3)83-69(111)51(33-62(104)105)89-68(110)47(23-17-25-77)84-58(98)37-82-74(65)116/h13-16,19-22,35,39-41,47-54,64-65,79-80,94H,6-12,17-18,23-34,36-38,77H2,1-5H3,(H2,78,96)(H,81,109)(H,82,116)(H,83,111)(H,84,98)(H,85,97)(H,86,99)(H,87,108)(H,88,112)(H,89,110)(H,90,113)(H,91,117)(H,92,115)(H,93,114)(H,100,101)(H,102,103)(H,104,105)(H,106,107)/t39-,40-,41-,47+,48+,49-,50+,51+,52+,53+,54-,64+,65+,121?/m1/s1. The number of nitrogens with one attached hydrogen (secondary N) is 15. The van der Waals surface area contributed by atoms with E-state index in [0.29, 0.717) is 35.7 Å². The molecule has 0 bridgehead atoms. The summed E-state index contributed by atoms with van der Waals surface area (Å²) >= 11 is 0. The number of cyclic esters (lactones) is 1. The predicted octanol–water partition coefficient (Wildman–Crippen LogP) is -5.02. The number of unbranched alkanes of at least 4 members (excludes halogenated alkanes) is 6. The average Bonchev–Trinajstić information content (AvgIpc) is 1.47. The van der Waals surface area contributed by atoms with Crippen molar-refractivity contribution in [3.8, 4) is 0 Å². The lowest BCUT2D eigenvalue weighted by atomic mass is 9.95. The van der Waals surface area contributed by atoms with Gasteiger partial charge in [-0.3, -0.25) is 95.3 Å². The van der Waals surface area contributed by atoms with Gasteiger partial charge < -0.3 is 121 Å². The molecule has 2 heterocycles. The molecule has 4 rings (SSSR count). The van der Waals surface area contributed by atoms with Crippen LogP contribution < -0.4 is 85.9 Å². The smallest absolute Gasteiger partial charge is 0.329 e. The van der Waals surface area contributed by atoms with Crippen LogP contribution in [0.1, 0.15) is 153 Å². The summed E-state index contributed by atoms with van der Waals surface area (Å²) in [6.45, 7) is 1.22. The number of fused-ring (bicyclic) bond motifs is 1. The number of aromatic nitrogens is 1. The number of carboxylic acids is 4. The number of ether oxygens (including phenoxy) is 1. The largest absolute Gasteiger partial charge is 0.481 e. The third-order valence-electron chi connectivity index (χ3n) is 18.8. The molecule has 44 nitrogen and oxygen atoms in total. The van der Waals surface area contributed by atoms with Gasteiger partial charge in [0.15, 0.2) is 5.78 Å². The average molecular weight is 1720 g/mol. The molecule has 1 aliphatic heterocycles. The number of carbonyl (C=O) groups is 20. The summed E-state index contributed by atoms with van der Waals surface area (Å²) in [6.07, 6.45) is -0.678. The molecule has 0 spiro atoms. The topological polar surface area (TPSA) is 705 Å². The van der Waals surface area contributed by atoms with Crippen molar-refractivity contribution in [2.75, 3.05) is 50.1 Å². The first-order chi connectivity index (χ1) is 57.2. The molecule has 14 atom stereocenters. The van der Waals surface area contributed by atoms with Gasteiger partial charge in [0.2, 0.25) is 82.7 Å². The molecule has 3 aromatic rings. The van der Waals surface area contributed by atoms with Crippen LogP contribution >= 0.6 is 0 Å². The SMILES string of the molecule is CCCCCCCCCC(=O)N[C@@H](Cc1c[nH]c2ccccc12)C(=O)N[C@H](CC(N)=O)C(=O)N[C@@H](CC(=O)O)C(=O)N[C@@H]1C(=O)NCC(=O)N[C@@H](CCCN)C(=O)N[C@@H](CC(=O)O)C(=O)N[C@H](C)C(=O)N[C@@H](CC(=O)O)C(=O)NCC(=O)N[C@H](CO)C(=O)N[C@@H]([C@H](C)CC(=O)O)C(=O)N[C@@H](CC(=O)c2ccccc2NCCCS(C)=O)C(=O)O[C@@H]1C. The summed E-state index contributed by atoms with van der Waals surface area (Å²) in [7, 11) is -1.25. The van der Waals surface area contributed by atoms with Crippen LogP contribution in [0.2, 0.25) is 0 Å². The van der Waals surface area contributed by atoms with E-state index < -0.39 is 272 Å². The summed E-state index contributed by atoms with van der Waals surface area (Å²) in [6, 6.07) is -10.3. The van der Waals surface area contributed by atoms with Gasteiger partial charge in [0.25, 0.3) is 0 Å². The van der Waals surface area contributed by atoms with Gasteiger partial charge in [-0.05, 0) is 75.8 Å². The predicted molar refractivity (Wildman–Crippen MR) is 428 cm³/mol. The van der Waals surface area contributed by atoms with E-state index in [1.165, 1.54) is 30.5 Å². The number of anilines is 1. The lowest BCUT2D eigenvalue weighted by Gasteiger charge is -2.30. The molecule has 1 aromatic heterocycles. The second kappa shape index (κ2) is 51.7. The number of aliphatic hydroxyl groups excluding tert-OH is 1. The Labute approximate surface area is 696 Å². The summed E-state index contributed by atoms with van der Waals surface area (Å²) in [5.74, 6) is -29.6. The Bertz CT molecular complexity index is 4240. The molecular formula is C76H109N17O27S. The van der Waals surface area contributed by atoms with Gasteiger partial charge in [0.05, 0.1) is 51.8 Å². The molecule has 24 N–H and O–H groups in total. The Morgan fingerprint density at radius 1 is 0.570 bits per heavy atom. The number of aliphatic hydroxyl groups is 1. The number of carboxylic acid groups (broad SMARTS) is 4. The Kier molecular flexibility index (Phi) is 43.1. The first-order valence-corrected chi connectivity index (χ1v) is 40.7. The van der Waals surface area contributed by atoms with E-state index in [2.05, 4.69) is 70.4 Å². The van der Waals surface area contributed by atoms with E-state index in [1.807, 2.05) is 16.0 Å². The lowest BCUT2D eigenvalue weighted by Crippen LogP contribution is -2.62. The number of Topliss-reactive ketones (excluding diaryl/α,β-unsaturated/α-hetero) is 1. The molecule has 121 heavy (non-hydrogen) atoms. The van der Waals surface area contributed by atoms with Gasteiger partial charge in [-0.25, -0.2) is 4.79 Å². The first-order valence-electron chi connectivity index (χ1n) is 39.0. The molecule has 45 heteroatoms. The number of rotatable bonds is 40. The number of benzene rings is 2. The fourth-order valence-electron chi connectivity index (χ4n) is 12.4. The minimum atomic E-state index is -2.46. The fourth-order valence-corrected chi connectivity index (χ4v) is 12.9. The van der Waals surface area contributed by atoms with Crippen LogP contribution in [0, 0.1) is 5.92 Å². The number of H-pyrrole nitrogens is 1. The van der Waals surface area contributed by atoms with Gasteiger partial charge in [-0.15, -0.1) is 0 Å². The summed E-state index contributed by atoms with van der Waals surface area (Å²) in [5.41, 5.74) is 12.4. The van der Waals surface area contributed by atoms with Gasteiger partial charge in [-0.1, -0.05) is 82.7 Å². The lowest BCUT2D eigenvalue weighted by molar-refractivity contribution is -0.156. The first kappa shape index (κ1) is 101. The van der Waals surface area contributed by atoms with Crippen molar-refractivity contribution in [2.24, 2.45) is 17.4 Å². The van der Waals surface area contributed by atoms with Gasteiger partial charge in [0, 0.05) is 77.0 Å². The van der Waals surface area contributed by atoms with Crippen LogP contribution in [0.25, 0.3) is 10.9 Å². The number of aliphatic carboxylic acids is 4. The molecule has 1 unspecified atom stereocenters.